The zero-order chi connectivity index (χ0) is 20.4. The number of hydrogen-bond acceptors (Lipinski definition) is 8. The number of nitrogens with zero attached hydrogens (tertiary/aromatic N) is 3. The molecule has 1 unspecified atom stereocenters. The number of hydrogen-bond donors (Lipinski definition) is 3. The highest BCUT2D eigenvalue weighted by atomic mass is 32.1. The molecular weight excluding hydrogens is 396 g/mol. The van der Waals surface area contributed by atoms with Gasteiger partial charge in [0.15, 0.2) is 11.3 Å². The van der Waals surface area contributed by atoms with E-state index < -0.39 is 23.6 Å². The van der Waals surface area contributed by atoms with Gasteiger partial charge >= 0.3 is 0 Å². The molecule has 0 aromatic carbocycles. The van der Waals surface area contributed by atoms with Crippen LogP contribution in [0.25, 0.3) is 22.5 Å². The number of H-pyrrole nitrogens is 1. The highest BCUT2D eigenvalue weighted by Crippen LogP contribution is 2.22. The second-order valence-electron chi connectivity index (χ2n) is 6.11. The van der Waals surface area contributed by atoms with Crippen LogP contribution < -0.4 is 11.1 Å². The van der Waals surface area contributed by atoms with E-state index in [9.17, 15) is 14.4 Å². The fraction of sp³-hybridized carbons (Fsp3) is 0.111. The molecule has 0 aliphatic carbocycles. The van der Waals surface area contributed by atoms with Crippen molar-refractivity contribution < 1.29 is 18.8 Å². The second kappa shape index (κ2) is 7.64. The molecule has 0 aliphatic heterocycles. The van der Waals surface area contributed by atoms with Crippen LogP contribution in [0.1, 0.15) is 16.1 Å². The summed E-state index contributed by atoms with van der Waals surface area (Å²) < 4.78 is 13.5. The molecule has 0 radical (unpaired) electrons. The standard InChI is InChI=1S/C18H14N6O4S/c19-17(26)16(25)11(7-9-8-28-12-4-6-21-13(9)12)22-18(27)15-14(23-29-24-15)10-3-1-2-5-20-10/h1-6,8,11,21H,7H2,(H2,19,26)(H,22,27). The van der Waals surface area contributed by atoms with Gasteiger partial charge in [-0.05, 0) is 18.2 Å². The SMILES string of the molecule is NC(=O)C(=O)C(Cc1coc2cc[nH]c12)NC(=O)c1nsnc1-c1ccccn1. The van der Waals surface area contributed by atoms with E-state index in [-0.39, 0.29) is 17.8 Å². The number of primary amides is 1. The van der Waals surface area contributed by atoms with Gasteiger partial charge in [-0.3, -0.25) is 19.4 Å². The van der Waals surface area contributed by atoms with Crippen molar-refractivity contribution in [1.29, 1.82) is 0 Å². The van der Waals surface area contributed by atoms with Gasteiger partial charge in [0, 0.05) is 24.4 Å². The maximum atomic E-state index is 12.8. The number of aromatic amines is 1. The van der Waals surface area contributed by atoms with Crippen LogP contribution in [0.3, 0.4) is 0 Å². The number of furan rings is 1. The summed E-state index contributed by atoms with van der Waals surface area (Å²) in [7, 11) is 0. The van der Waals surface area contributed by atoms with Gasteiger partial charge in [-0.15, -0.1) is 0 Å². The third-order valence-electron chi connectivity index (χ3n) is 4.26. The minimum Gasteiger partial charge on any atom is -0.462 e. The Morgan fingerprint density at radius 1 is 1.24 bits per heavy atom. The van der Waals surface area contributed by atoms with Crippen LogP contribution in [-0.4, -0.2) is 42.4 Å². The monoisotopic (exact) mass is 410 g/mol. The molecule has 0 fully saturated rings. The normalized spacial score (nSPS) is 12.0. The van der Waals surface area contributed by atoms with Gasteiger partial charge in [0.05, 0.1) is 29.2 Å². The lowest BCUT2D eigenvalue weighted by Crippen LogP contribution is -2.47. The molecule has 29 heavy (non-hydrogen) atoms. The van der Waals surface area contributed by atoms with Gasteiger partial charge in [0.1, 0.15) is 11.7 Å². The Kier molecular flexibility index (Phi) is 4.87. The van der Waals surface area contributed by atoms with Crippen LogP contribution in [0.15, 0.2) is 47.3 Å². The molecule has 4 aromatic heterocycles. The maximum absolute atomic E-state index is 12.8. The van der Waals surface area contributed by atoms with Crippen molar-refractivity contribution in [3.05, 3.63) is 54.2 Å². The van der Waals surface area contributed by atoms with Gasteiger partial charge < -0.3 is 20.5 Å². The average molecular weight is 410 g/mol. The Hall–Kier alpha value is -3.86. The number of carbonyl (C=O) groups is 3. The highest BCUT2D eigenvalue weighted by molar-refractivity contribution is 6.99. The van der Waals surface area contributed by atoms with Crippen LogP contribution in [0.4, 0.5) is 0 Å². The fourth-order valence-corrected chi connectivity index (χ4v) is 3.44. The van der Waals surface area contributed by atoms with Gasteiger partial charge in [-0.1, -0.05) is 6.07 Å². The Balaban J connectivity index is 1.61. The number of nitrogens with two attached hydrogens (primary N) is 1. The molecule has 0 spiro atoms. The molecule has 146 valence electrons. The predicted octanol–water partition coefficient (Wildman–Crippen LogP) is 1.07. The van der Waals surface area contributed by atoms with Crippen molar-refractivity contribution in [2.24, 2.45) is 5.73 Å². The first-order valence-corrected chi connectivity index (χ1v) is 9.19. The number of carbonyl (C=O) groups excluding carboxylic acids is 3. The number of ketones is 1. The summed E-state index contributed by atoms with van der Waals surface area (Å²) in [6.45, 7) is 0. The van der Waals surface area contributed by atoms with Crippen LogP contribution in [-0.2, 0) is 16.0 Å². The smallest absolute Gasteiger partial charge is 0.287 e. The lowest BCUT2D eigenvalue weighted by Gasteiger charge is -2.15. The van der Waals surface area contributed by atoms with Crippen LogP contribution >= 0.6 is 11.7 Å². The van der Waals surface area contributed by atoms with Gasteiger partial charge in [0.25, 0.3) is 11.8 Å². The molecule has 4 heterocycles. The minimum atomic E-state index is -1.19. The number of Topliss-reactive ketones (excluding diaryl/α,β-unsaturated/α-hetero) is 1. The Morgan fingerprint density at radius 3 is 2.86 bits per heavy atom. The van der Waals surface area contributed by atoms with E-state index in [0.29, 0.717) is 22.4 Å². The maximum Gasteiger partial charge on any atom is 0.287 e. The zero-order valence-corrected chi connectivity index (χ0v) is 15.6. The number of amides is 2. The molecule has 11 heteroatoms. The molecular formula is C18H14N6O4S. The average Bonchev–Trinajstić information content (AvgIpc) is 3.45. The molecule has 10 nitrogen and oxygen atoms in total. The summed E-state index contributed by atoms with van der Waals surface area (Å²) >= 11 is 0.842. The number of rotatable bonds is 7. The van der Waals surface area contributed by atoms with Crippen molar-refractivity contribution in [3.8, 4) is 11.4 Å². The second-order valence-corrected chi connectivity index (χ2v) is 6.64. The quantitative estimate of drug-likeness (QED) is 0.385. The summed E-state index contributed by atoms with van der Waals surface area (Å²) in [6.07, 6.45) is 4.72. The van der Waals surface area contributed by atoms with Crippen molar-refractivity contribution >= 4 is 40.4 Å². The van der Waals surface area contributed by atoms with Gasteiger partial charge in [-0.25, -0.2) is 0 Å². The van der Waals surface area contributed by atoms with E-state index >= 15 is 0 Å². The third kappa shape index (κ3) is 3.62. The minimum absolute atomic E-state index is 0.00758. The van der Waals surface area contributed by atoms with E-state index in [4.69, 9.17) is 10.2 Å². The zero-order valence-electron chi connectivity index (χ0n) is 14.8. The van der Waals surface area contributed by atoms with Gasteiger partial charge in [0.2, 0.25) is 5.78 Å². The predicted molar refractivity (Wildman–Crippen MR) is 103 cm³/mol. The molecule has 0 bridgehead atoms. The third-order valence-corrected chi connectivity index (χ3v) is 4.79. The molecule has 4 rings (SSSR count). The van der Waals surface area contributed by atoms with Crippen molar-refractivity contribution in [1.82, 2.24) is 24.0 Å². The molecule has 0 saturated carbocycles. The number of pyridine rings is 1. The summed E-state index contributed by atoms with van der Waals surface area (Å²) in [4.78, 5) is 43.8. The summed E-state index contributed by atoms with van der Waals surface area (Å²) in [5.74, 6) is -2.74. The number of nitrogens with one attached hydrogen (secondary N) is 2. The van der Waals surface area contributed by atoms with Crippen LogP contribution in [0, 0.1) is 0 Å². The summed E-state index contributed by atoms with van der Waals surface area (Å²) in [6, 6.07) is 5.71. The number of aromatic nitrogens is 4. The molecule has 2 amide bonds. The van der Waals surface area contributed by atoms with E-state index in [2.05, 4.69) is 24.0 Å². The number of fused-ring (bicyclic) bond motifs is 1. The first-order valence-electron chi connectivity index (χ1n) is 8.46. The molecule has 4 N–H and O–H groups in total. The first kappa shape index (κ1) is 18.5. The van der Waals surface area contributed by atoms with Crippen molar-refractivity contribution in [3.63, 3.8) is 0 Å². The van der Waals surface area contributed by atoms with Gasteiger partial charge in [-0.2, -0.15) is 8.75 Å². The highest BCUT2D eigenvalue weighted by Gasteiger charge is 2.29. The largest absolute Gasteiger partial charge is 0.462 e. The molecule has 1 atom stereocenters. The van der Waals surface area contributed by atoms with E-state index in [1.165, 1.54) is 6.26 Å². The summed E-state index contributed by atoms with van der Waals surface area (Å²) in [5.41, 5.74) is 7.81. The first-order chi connectivity index (χ1) is 14.0. The van der Waals surface area contributed by atoms with Crippen LogP contribution in [0.2, 0.25) is 0 Å². The lowest BCUT2D eigenvalue weighted by atomic mass is 10.0. The summed E-state index contributed by atoms with van der Waals surface area (Å²) in [5, 5.41) is 2.54. The van der Waals surface area contributed by atoms with E-state index in [1.807, 2.05) is 0 Å². The molecule has 4 aromatic rings. The Labute approximate surface area is 167 Å². The Bertz CT molecular complexity index is 1200. The fourth-order valence-electron chi connectivity index (χ4n) is 2.88. The Morgan fingerprint density at radius 2 is 2.10 bits per heavy atom. The topological polar surface area (TPSA) is 157 Å². The molecule has 0 aliphatic rings. The molecule has 0 saturated heterocycles. The van der Waals surface area contributed by atoms with E-state index in [0.717, 1.165) is 11.7 Å². The van der Waals surface area contributed by atoms with E-state index in [1.54, 1.807) is 36.7 Å². The van der Waals surface area contributed by atoms with Crippen LogP contribution in [0.5, 0.6) is 0 Å². The lowest BCUT2D eigenvalue weighted by molar-refractivity contribution is -0.137. The van der Waals surface area contributed by atoms with Crippen molar-refractivity contribution in [2.75, 3.05) is 0 Å². The van der Waals surface area contributed by atoms with Crippen molar-refractivity contribution in [2.45, 2.75) is 12.5 Å².